The fourth-order valence-electron chi connectivity index (χ4n) is 1.03. The summed E-state index contributed by atoms with van der Waals surface area (Å²) in [6.45, 7) is 4.22. The quantitative estimate of drug-likeness (QED) is 0.662. The molecule has 0 aliphatic rings. The van der Waals surface area contributed by atoms with Gasteiger partial charge in [-0.15, -0.1) is 0 Å². The van der Waals surface area contributed by atoms with Crippen LogP contribution in [0.4, 0.5) is 0 Å². The summed E-state index contributed by atoms with van der Waals surface area (Å²) in [5.74, 6) is 0. The first-order chi connectivity index (χ1) is 5.93. The van der Waals surface area contributed by atoms with Crippen LogP contribution in [0.15, 0.2) is 18.6 Å². The van der Waals surface area contributed by atoms with Gasteiger partial charge in [-0.1, -0.05) is 6.92 Å². The van der Waals surface area contributed by atoms with Crippen molar-refractivity contribution in [3.8, 4) is 0 Å². The lowest BCUT2D eigenvalue weighted by molar-refractivity contribution is 0.666. The van der Waals surface area contributed by atoms with Crippen LogP contribution in [0, 0.1) is 0 Å². The van der Waals surface area contributed by atoms with Crippen molar-refractivity contribution in [2.24, 2.45) is 0 Å². The van der Waals surface area contributed by atoms with Gasteiger partial charge in [0.1, 0.15) is 0 Å². The van der Waals surface area contributed by atoms with Crippen LogP contribution in [0.5, 0.6) is 0 Å². The average molecular weight is 165 g/mol. The Morgan fingerprint density at radius 3 is 3.00 bits per heavy atom. The second-order valence-corrected chi connectivity index (χ2v) is 2.65. The molecule has 66 valence electrons. The van der Waals surface area contributed by atoms with Gasteiger partial charge in [-0.25, -0.2) is 0 Å². The Bertz CT molecular complexity index is 198. The van der Waals surface area contributed by atoms with Gasteiger partial charge in [0.25, 0.3) is 0 Å². The molecule has 3 heteroatoms. The maximum absolute atomic E-state index is 4.19. The molecule has 0 saturated carbocycles. The summed E-state index contributed by atoms with van der Waals surface area (Å²) in [4.78, 5) is 8.19. The molecule has 0 aliphatic carbocycles. The van der Waals surface area contributed by atoms with E-state index in [9.17, 15) is 0 Å². The third-order valence-electron chi connectivity index (χ3n) is 1.65. The fourth-order valence-corrected chi connectivity index (χ4v) is 1.03. The molecule has 0 aliphatic heterocycles. The van der Waals surface area contributed by atoms with E-state index in [0.29, 0.717) is 0 Å². The number of rotatable bonds is 5. The molecule has 0 saturated heterocycles. The largest absolute Gasteiger partial charge is 0.317 e. The van der Waals surface area contributed by atoms with E-state index in [2.05, 4.69) is 22.2 Å². The zero-order valence-corrected chi connectivity index (χ0v) is 7.45. The highest BCUT2D eigenvalue weighted by Crippen LogP contribution is 1.94. The van der Waals surface area contributed by atoms with Crippen molar-refractivity contribution in [1.82, 2.24) is 15.3 Å². The Kier molecular flexibility index (Phi) is 4.31. The zero-order valence-electron chi connectivity index (χ0n) is 7.45. The minimum Gasteiger partial charge on any atom is -0.317 e. The van der Waals surface area contributed by atoms with Gasteiger partial charge in [-0.3, -0.25) is 9.97 Å². The Labute approximate surface area is 73.2 Å². The first-order valence-electron chi connectivity index (χ1n) is 4.39. The number of aromatic nitrogens is 2. The molecule has 0 aromatic carbocycles. The van der Waals surface area contributed by atoms with Gasteiger partial charge >= 0.3 is 0 Å². The second kappa shape index (κ2) is 5.66. The van der Waals surface area contributed by atoms with E-state index in [4.69, 9.17) is 0 Å². The SMILES string of the molecule is CCNCCCc1cnccn1. The number of nitrogens with one attached hydrogen (secondary N) is 1. The van der Waals surface area contributed by atoms with E-state index < -0.39 is 0 Å². The van der Waals surface area contributed by atoms with Gasteiger partial charge in [0.15, 0.2) is 0 Å². The second-order valence-electron chi connectivity index (χ2n) is 2.65. The van der Waals surface area contributed by atoms with Crippen LogP contribution < -0.4 is 5.32 Å². The third kappa shape index (κ3) is 3.44. The summed E-state index contributed by atoms with van der Waals surface area (Å²) in [5, 5.41) is 3.27. The van der Waals surface area contributed by atoms with Crippen molar-refractivity contribution in [3.05, 3.63) is 24.3 Å². The molecule has 1 aromatic heterocycles. The summed E-state index contributed by atoms with van der Waals surface area (Å²) in [6.07, 6.45) is 7.41. The smallest absolute Gasteiger partial charge is 0.0587 e. The predicted octanol–water partition coefficient (Wildman–Crippen LogP) is 1.02. The van der Waals surface area contributed by atoms with E-state index in [0.717, 1.165) is 31.6 Å². The number of hydrogen-bond donors (Lipinski definition) is 1. The summed E-state index contributed by atoms with van der Waals surface area (Å²) < 4.78 is 0. The highest BCUT2D eigenvalue weighted by Gasteiger charge is 1.92. The summed E-state index contributed by atoms with van der Waals surface area (Å²) in [6, 6.07) is 0. The van der Waals surface area contributed by atoms with Crippen LogP contribution in [0.2, 0.25) is 0 Å². The Hall–Kier alpha value is -0.960. The Morgan fingerprint density at radius 1 is 1.42 bits per heavy atom. The van der Waals surface area contributed by atoms with Crippen LogP contribution in [0.25, 0.3) is 0 Å². The summed E-state index contributed by atoms with van der Waals surface area (Å²) >= 11 is 0. The molecular weight excluding hydrogens is 150 g/mol. The van der Waals surface area contributed by atoms with Gasteiger partial charge in [0.05, 0.1) is 5.69 Å². The van der Waals surface area contributed by atoms with E-state index in [1.807, 2.05) is 6.20 Å². The van der Waals surface area contributed by atoms with E-state index in [1.165, 1.54) is 0 Å². The first kappa shape index (κ1) is 9.13. The predicted molar refractivity (Wildman–Crippen MR) is 48.9 cm³/mol. The maximum atomic E-state index is 4.19. The molecule has 1 N–H and O–H groups in total. The average Bonchev–Trinajstić information content (AvgIpc) is 2.14. The molecule has 0 atom stereocenters. The molecule has 12 heavy (non-hydrogen) atoms. The maximum Gasteiger partial charge on any atom is 0.0587 e. The molecule has 0 spiro atoms. The molecule has 0 fully saturated rings. The van der Waals surface area contributed by atoms with Crippen LogP contribution in [0.3, 0.4) is 0 Å². The minimum atomic E-state index is 1.01. The van der Waals surface area contributed by atoms with Crippen molar-refractivity contribution >= 4 is 0 Å². The first-order valence-corrected chi connectivity index (χ1v) is 4.39. The lowest BCUT2D eigenvalue weighted by Gasteiger charge is -2.00. The van der Waals surface area contributed by atoms with E-state index in [-0.39, 0.29) is 0 Å². The van der Waals surface area contributed by atoms with Crippen molar-refractivity contribution in [2.75, 3.05) is 13.1 Å². The Morgan fingerprint density at radius 2 is 2.33 bits per heavy atom. The highest BCUT2D eigenvalue weighted by atomic mass is 14.8. The monoisotopic (exact) mass is 165 g/mol. The highest BCUT2D eigenvalue weighted by molar-refractivity contribution is 4.94. The van der Waals surface area contributed by atoms with Gasteiger partial charge in [0.2, 0.25) is 0 Å². The molecule has 0 bridgehead atoms. The van der Waals surface area contributed by atoms with Crippen molar-refractivity contribution < 1.29 is 0 Å². The van der Waals surface area contributed by atoms with E-state index >= 15 is 0 Å². The van der Waals surface area contributed by atoms with Gasteiger partial charge < -0.3 is 5.32 Å². The molecule has 1 heterocycles. The molecule has 0 unspecified atom stereocenters. The topological polar surface area (TPSA) is 37.8 Å². The lowest BCUT2D eigenvalue weighted by atomic mass is 10.2. The molecule has 1 aromatic rings. The normalized spacial score (nSPS) is 10.1. The molecule has 3 nitrogen and oxygen atoms in total. The van der Waals surface area contributed by atoms with Gasteiger partial charge in [-0.05, 0) is 25.9 Å². The fraction of sp³-hybridized carbons (Fsp3) is 0.556. The standard InChI is InChI=1S/C9H15N3/c1-2-10-5-3-4-9-8-11-6-7-12-9/h6-8,10H,2-5H2,1H3. The van der Waals surface area contributed by atoms with Crippen LogP contribution >= 0.6 is 0 Å². The van der Waals surface area contributed by atoms with Crippen LogP contribution in [0.1, 0.15) is 19.0 Å². The number of aryl methyl sites for hydroxylation is 1. The van der Waals surface area contributed by atoms with Crippen LogP contribution in [-0.2, 0) is 6.42 Å². The van der Waals surface area contributed by atoms with Crippen molar-refractivity contribution in [1.29, 1.82) is 0 Å². The van der Waals surface area contributed by atoms with E-state index in [1.54, 1.807) is 12.4 Å². The minimum absolute atomic E-state index is 1.01. The Balaban J connectivity index is 2.16. The lowest BCUT2D eigenvalue weighted by Crippen LogP contribution is -2.14. The number of nitrogens with zero attached hydrogens (tertiary/aromatic N) is 2. The number of hydrogen-bond acceptors (Lipinski definition) is 3. The third-order valence-corrected chi connectivity index (χ3v) is 1.65. The molecule has 1 rings (SSSR count). The molecule has 0 amide bonds. The zero-order chi connectivity index (χ0) is 8.65. The van der Waals surface area contributed by atoms with Crippen LogP contribution in [-0.4, -0.2) is 23.1 Å². The molecular formula is C9H15N3. The van der Waals surface area contributed by atoms with Gasteiger partial charge in [0, 0.05) is 18.6 Å². The summed E-state index contributed by atoms with van der Waals surface area (Å²) in [7, 11) is 0. The summed E-state index contributed by atoms with van der Waals surface area (Å²) in [5.41, 5.74) is 1.08. The van der Waals surface area contributed by atoms with Gasteiger partial charge in [-0.2, -0.15) is 0 Å². The van der Waals surface area contributed by atoms with Crippen molar-refractivity contribution in [2.45, 2.75) is 19.8 Å². The van der Waals surface area contributed by atoms with Crippen molar-refractivity contribution in [3.63, 3.8) is 0 Å². The molecule has 0 radical (unpaired) electrons.